The second-order valence-electron chi connectivity index (χ2n) is 10.2. The molecule has 0 aliphatic heterocycles. The van der Waals surface area contributed by atoms with Crippen LogP contribution in [0.15, 0.2) is 18.5 Å². The van der Waals surface area contributed by atoms with Crippen LogP contribution in [-0.2, 0) is 20.1 Å². The Balaban J connectivity index is 1.45. The molecule has 2 saturated carbocycles. The predicted molar refractivity (Wildman–Crippen MR) is 144 cm³/mol. The zero-order valence-electron chi connectivity index (χ0n) is 22.3. The molecule has 200 valence electrons. The Hall–Kier alpha value is -3.93. The lowest BCUT2D eigenvalue weighted by atomic mass is 10.2. The molecule has 4 aromatic rings. The van der Waals surface area contributed by atoms with Crippen molar-refractivity contribution in [2.24, 2.45) is 12.8 Å². The lowest BCUT2D eigenvalue weighted by Gasteiger charge is -2.22. The number of aryl methyl sites for hydroxylation is 3. The number of nitrogens with two attached hydrogens (primary N) is 1. The molecule has 0 bridgehead atoms. The van der Waals surface area contributed by atoms with E-state index in [4.69, 9.17) is 10.7 Å². The molecule has 6 rings (SSSR count). The van der Waals surface area contributed by atoms with Gasteiger partial charge in [-0.2, -0.15) is 5.10 Å². The summed E-state index contributed by atoms with van der Waals surface area (Å²) in [5.74, 6) is 0.890. The maximum atomic E-state index is 13.8. The van der Waals surface area contributed by atoms with Crippen LogP contribution in [0.5, 0.6) is 0 Å². The molecular formula is C26H34N10O2. The molecule has 0 atom stereocenters. The molecule has 0 aromatic carbocycles. The van der Waals surface area contributed by atoms with E-state index in [1.807, 2.05) is 36.1 Å². The molecule has 2 fully saturated rings. The topological polar surface area (TPSA) is 132 Å². The number of carbonyl (C=O) groups excluding carboxylic acids is 2. The largest absolute Gasteiger partial charge is 0.333 e. The van der Waals surface area contributed by atoms with Crippen molar-refractivity contribution < 1.29 is 9.59 Å². The third-order valence-corrected chi connectivity index (χ3v) is 7.52. The first-order valence-electron chi connectivity index (χ1n) is 13.3. The Labute approximate surface area is 220 Å². The molecule has 0 radical (unpaired) electrons. The van der Waals surface area contributed by atoms with Crippen LogP contribution in [0, 0.1) is 0 Å². The molecule has 4 heterocycles. The molecule has 0 saturated heterocycles. The molecule has 2 aliphatic carbocycles. The van der Waals surface area contributed by atoms with Gasteiger partial charge in [-0.15, -0.1) is 0 Å². The number of imidazole rings is 1. The number of aromatic nitrogens is 6. The Morgan fingerprint density at radius 2 is 1.79 bits per heavy atom. The third kappa shape index (κ3) is 3.90. The number of fused-ring (bicyclic) bond motifs is 3. The number of amides is 2. The van der Waals surface area contributed by atoms with Crippen molar-refractivity contribution in [3.05, 3.63) is 29.8 Å². The van der Waals surface area contributed by atoms with Crippen molar-refractivity contribution in [1.29, 1.82) is 0 Å². The smallest absolute Gasteiger partial charge is 0.272 e. The van der Waals surface area contributed by atoms with Crippen molar-refractivity contribution >= 4 is 45.5 Å². The van der Waals surface area contributed by atoms with Gasteiger partial charge in [0.15, 0.2) is 11.6 Å². The van der Waals surface area contributed by atoms with Gasteiger partial charge in [-0.1, -0.05) is 0 Å². The zero-order chi connectivity index (χ0) is 26.7. The summed E-state index contributed by atoms with van der Waals surface area (Å²) in [5, 5.41) is 8.77. The maximum absolute atomic E-state index is 13.8. The van der Waals surface area contributed by atoms with Gasteiger partial charge < -0.3 is 30.0 Å². The van der Waals surface area contributed by atoms with Gasteiger partial charge in [-0.25, -0.2) is 9.97 Å². The minimum absolute atomic E-state index is 0.0912. The van der Waals surface area contributed by atoms with Gasteiger partial charge in [0.2, 0.25) is 0 Å². The number of hydrogen-bond acceptors (Lipinski definition) is 7. The predicted octanol–water partition coefficient (Wildman–Crippen LogP) is 2.66. The molecular weight excluding hydrogens is 484 g/mol. The van der Waals surface area contributed by atoms with Crippen LogP contribution < -0.4 is 11.1 Å². The van der Waals surface area contributed by atoms with Crippen LogP contribution in [0.2, 0.25) is 0 Å². The molecule has 12 nitrogen and oxygen atoms in total. The van der Waals surface area contributed by atoms with E-state index in [0.29, 0.717) is 53.7 Å². The average molecular weight is 519 g/mol. The Morgan fingerprint density at radius 1 is 1.08 bits per heavy atom. The van der Waals surface area contributed by atoms with Gasteiger partial charge >= 0.3 is 0 Å². The molecule has 38 heavy (non-hydrogen) atoms. The highest BCUT2D eigenvalue weighted by Gasteiger charge is 2.43. The first kappa shape index (κ1) is 24.4. The summed E-state index contributed by atoms with van der Waals surface area (Å²) in [6.07, 6.45) is 6.09. The number of nitrogens with zero attached hydrogens (tertiary/aromatic N) is 8. The normalized spacial score (nSPS) is 15.4. The molecule has 0 spiro atoms. The van der Waals surface area contributed by atoms with Crippen molar-refractivity contribution in [3.8, 4) is 0 Å². The van der Waals surface area contributed by atoms with Gasteiger partial charge in [-0.05, 0) is 45.6 Å². The summed E-state index contributed by atoms with van der Waals surface area (Å²) in [6, 6.07) is 4.41. The first-order chi connectivity index (χ1) is 18.4. The number of rotatable bonds is 9. The second-order valence-corrected chi connectivity index (χ2v) is 10.2. The molecule has 4 aromatic heterocycles. The zero-order valence-corrected chi connectivity index (χ0v) is 22.3. The van der Waals surface area contributed by atoms with Crippen molar-refractivity contribution in [1.82, 2.24) is 38.7 Å². The number of nitrogens with one attached hydrogen (secondary N) is 1. The van der Waals surface area contributed by atoms with Gasteiger partial charge in [0.05, 0.1) is 18.5 Å². The average Bonchev–Trinajstić information content (AvgIpc) is 3.83. The van der Waals surface area contributed by atoms with Crippen LogP contribution in [0.3, 0.4) is 0 Å². The minimum Gasteiger partial charge on any atom is -0.333 e. The highest BCUT2D eigenvalue weighted by molar-refractivity contribution is 6.10. The van der Waals surface area contributed by atoms with E-state index in [2.05, 4.69) is 20.3 Å². The molecule has 2 amide bonds. The van der Waals surface area contributed by atoms with Crippen LogP contribution in [0.25, 0.3) is 22.1 Å². The Kier molecular flexibility index (Phi) is 5.86. The van der Waals surface area contributed by atoms with Gasteiger partial charge in [0.25, 0.3) is 11.8 Å². The first-order valence-corrected chi connectivity index (χ1v) is 13.3. The lowest BCUT2D eigenvalue weighted by Crippen LogP contribution is -2.36. The highest BCUT2D eigenvalue weighted by Crippen LogP contribution is 2.39. The lowest BCUT2D eigenvalue weighted by molar-refractivity contribution is 0.0718. The fraction of sp³-hybridized carbons (Fsp3) is 0.500. The van der Waals surface area contributed by atoms with Gasteiger partial charge in [-0.3, -0.25) is 14.3 Å². The van der Waals surface area contributed by atoms with E-state index >= 15 is 0 Å². The SMILES string of the molecule is CCn1nc(Nc2nc3c(cc(C(=O)N(C4CC4)C4CC4)n3CC)c3c2ncn3C)cc1C(=O)N(C)CN. The number of hydrogen-bond donors (Lipinski definition) is 2. The number of pyridine rings is 1. The summed E-state index contributed by atoms with van der Waals surface area (Å²) in [4.78, 5) is 39.7. The monoisotopic (exact) mass is 518 g/mol. The van der Waals surface area contributed by atoms with E-state index in [0.717, 1.165) is 42.2 Å². The standard InChI is InChI=1S/C26H34N10O2/c1-5-34-18(26(38)36(15-7-8-15)16-9-10-16)11-17-22-21(28-14-33(22)4)23(30-24(17)34)29-20-12-19(35(6-2)31-20)25(37)32(3)13-27/h11-12,14-16H,5-10,13,27H2,1-4H3,(H,29,30,31). The fourth-order valence-electron chi connectivity index (χ4n) is 5.26. The summed E-state index contributed by atoms with van der Waals surface area (Å²) in [5.41, 5.74) is 9.05. The minimum atomic E-state index is -0.208. The van der Waals surface area contributed by atoms with E-state index in [1.165, 1.54) is 4.90 Å². The highest BCUT2D eigenvalue weighted by atomic mass is 16.2. The number of carbonyl (C=O) groups is 2. The summed E-state index contributed by atoms with van der Waals surface area (Å²) >= 11 is 0. The fourth-order valence-corrected chi connectivity index (χ4v) is 5.26. The van der Waals surface area contributed by atoms with Crippen molar-refractivity contribution in [3.63, 3.8) is 0 Å². The Morgan fingerprint density at radius 3 is 2.39 bits per heavy atom. The quantitative estimate of drug-likeness (QED) is 0.326. The van der Waals surface area contributed by atoms with Gasteiger partial charge in [0, 0.05) is 50.7 Å². The maximum Gasteiger partial charge on any atom is 0.272 e. The molecule has 12 heteroatoms. The van der Waals surface area contributed by atoms with E-state index in [-0.39, 0.29) is 18.5 Å². The Bertz CT molecular complexity index is 1540. The van der Waals surface area contributed by atoms with Crippen molar-refractivity contribution in [2.75, 3.05) is 19.0 Å². The van der Waals surface area contributed by atoms with Crippen LogP contribution in [0.1, 0.15) is 60.5 Å². The van der Waals surface area contributed by atoms with E-state index in [9.17, 15) is 9.59 Å². The third-order valence-electron chi connectivity index (χ3n) is 7.52. The van der Waals surface area contributed by atoms with Gasteiger partial charge in [0.1, 0.15) is 22.6 Å². The van der Waals surface area contributed by atoms with Crippen LogP contribution in [-0.4, -0.2) is 76.3 Å². The summed E-state index contributed by atoms with van der Waals surface area (Å²) in [7, 11) is 3.59. The van der Waals surface area contributed by atoms with E-state index in [1.54, 1.807) is 24.1 Å². The van der Waals surface area contributed by atoms with Crippen molar-refractivity contribution in [2.45, 2.75) is 64.7 Å². The summed E-state index contributed by atoms with van der Waals surface area (Å²) < 4.78 is 5.60. The van der Waals surface area contributed by atoms with Crippen LogP contribution >= 0.6 is 0 Å². The number of anilines is 2. The molecule has 0 unspecified atom stereocenters. The molecule has 3 N–H and O–H groups in total. The van der Waals surface area contributed by atoms with Crippen LogP contribution in [0.4, 0.5) is 11.6 Å². The molecule has 2 aliphatic rings. The van der Waals surface area contributed by atoms with E-state index < -0.39 is 0 Å². The second kappa shape index (κ2) is 9.12. The summed E-state index contributed by atoms with van der Waals surface area (Å²) in [6.45, 7) is 5.20.